The van der Waals surface area contributed by atoms with Crippen molar-refractivity contribution in [1.29, 1.82) is 0 Å². The molecule has 1 heterocycles. The van der Waals surface area contributed by atoms with Crippen molar-refractivity contribution in [2.24, 2.45) is 11.3 Å². The highest BCUT2D eigenvalue weighted by molar-refractivity contribution is 7.17. The molecule has 0 saturated carbocycles. The van der Waals surface area contributed by atoms with Crippen molar-refractivity contribution in [2.45, 2.75) is 46.5 Å². The molecular weight excluding hydrogens is 386 g/mol. The van der Waals surface area contributed by atoms with Gasteiger partial charge in [0.2, 0.25) is 0 Å². The molecular formula is C23H29NO4S. The fourth-order valence-corrected chi connectivity index (χ4v) is 5.11. The average molecular weight is 416 g/mol. The molecule has 1 aliphatic carbocycles. The van der Waals surface area contributed by atoms with Gasteiger partial charge >= 0.3 is 5.97 Å². The topological polar surface area (TPSA) is 64.6 Å². The smallest absolute Gasteiger partial charge is 0.341 e. The molecule has 0 aliphatic heterocycles. The average Bonchev–Trinajstić information content (AvgIpc) is 3.09. The minimum absolute atomic E-state index is 0.112. The number of esters is 1. The van der Waals surface area contributed by atoms with Gasteiger partial charge < -0.3 is 14.8 Å². The van der Waals surface area contributed by atoms with Gasteiger partial charge in [0.1, 0.15) is 10.8 Å². The minimum Gasteiger partial charge on any atom is -0.484 e. The maximum absolute atomic E-state index is 12.5. The maximum atomic E-state index is 12.5. The van der Waals surface area contributed by atoms with E-state index in [9.17, 15) is 9.59 Å². The second-order valence-electron chi connectivity index (χ2n) is 8.13. The zero-order chi connectivity index (χ0) is 21.0. The summed E-state index contributed by atoms with van der Waals surface area (Å²) in [6, 6.07) is 9.19. The molecule has 0 radical (unpaired) electrons. The molecule has 1 aliphatic rings. The number of thiophene rings is 1. The number of carbonyl (C=O) groups excluding carboxylic acids is 2. The van der Waals surface area contributed by atoms with Crippen LogP contribution in [0.15, 0.2) is 30.3 Å². The molecule has 1 N–H and O–H groups in total. The van der Waals surface area contributed by atoms with Gasteiger partial charge in [-0.3, -0.25) is 4.79 Å². The van der Waals surface area contributed by atoms with Crippen molar-refractivity contribution in [3.05, 3.63) is 46.3 Å². The molecule has 1 aromatic carbocycles. The van der Waals surface area contributed by atoms with E-state index in [4.69, 9.17) is 9.47 Å². The van der Waals surface area contributed by atoms with Crippen molar-refractivity contribution >= 4 is 28.2 Å². The summed E-state index contributed by atoms with van der Waals surface area (Å²) in [5.74, 6) is 0.512. The van der Waals surface area contributed by atoms with Crippen molar-refractivity contribution in [2.75, 3.05) is 19.0 Å². The van der Waals surface area contributed by atoms with Crippen LogP contribution in [0.1, 0.15) is 54.4 Å². The van der Waals surface area contributed by atoms with Crippen LogP contribution >= 0.6 is 11.3 Å². The van der Waals surface area contributed by atoms with E-state index in [0.29, 0.717) is 22.2 Å². The number of rotatable bonds is 7. The Labute approximate surface area is 176 Å². The molecule has 1 aromatic heterocycles. The van der Waals surface area contributed by atoms with Crippen molar-refractivity contribution in [3.63, 3.8) is 0 Å². The van der Waals surface area contributed by atoms with Gasteiger partial charge in [0, 0.05) is 4.88 Å². The molecule has 0 saturated heterocycles. The van der Waals surface area contributed by atoms with Gasteiger partial charge in [0.15, 0.2) is 6.61 Å². The van der Waals surface area contributed by atoms with E-state index < -0.39 is 5.97 Å². The molecule has 0 fully saturated rings. The first-order valence-electron chi connectivity index (χ1n) is 10.1. The first-order valence-corrected chi connectivity index (χ1v) is 10.9. The lowest BCUT2D eigenvalue weighted by atomic mass is 9.69. The molecule has 29 heavy (non-hydrogen) atoms. The Hall–Kier alpha value is -2.34. The van der Waals surface area contributed by atoms with E-state index in [0.717, 1.165) is 31.2 Å². The monoisotopic (exact) mass is 415 g/mol. The third kappa shape index (κ3) is 4.81. The standard InChI is InChI=1S/C23H29NO4S/c1-5-23(2,3)15-11-12-17-18(13-15)29-21(20(17)22(26)27-4)24-19(25)14-28-16-9-7-6-8-10-16/h6-10,15H,5,11-14H2,1-4H3,(H,24,25). The van der Waals surface area contributed by atoms with E-state index in [1.165, 1.54) is 23.3 Å². The van der Waals surface area contributed by atoms with Crippen molar-refractivity contribution in [3.8, 4) is 5.75 Å². The fourth-order valence-electron chi connectivity index (χ4n) is 3.78. The highest BCUT2D eigenvalue weighted by Crippen LogP contribution is 2.45. The minimum atomic E-state index is -0.394. The number of ether oxygens (including phenoxy) is 2. The van der Waals surface area contributed by atoms with E-state index >= 15 is 0 Å². The number of fused-ring (bicyclic) bond motifs is 1. The molecule has 1 unspecified atom stereocenters. The van der Waals surface area contributed by atoms with E-state index in [2.05, 4.69) is 26.1 Å². The van der Waals surface area contributed by atoms with Gasteiger partial charge in [0.25, 0.3) is 5.91 Å². The number of hydrogen-bond donors (Lipinski definition) is 1. The van der Waals surface area contributed by atoms with Gasteiger partial charge in [-0.1, -0.05) is 45.4 Å². The summed E-state index contributed by atoms with van der Waals surface area (Å²) in [6.45, 7) is 6.73. The molecule has 0 spiro atoms. The number of benzene rings is 1. The van der Waals surface area contributed by atoms with Gasteiger partial charge in [-0.05, 0) is 48.3 Å². The normalized spacial score (nSPS) is 16.1. The number of para-hydroxylation sites is 1. The highest BCUT2D eigenvalue weighted by Gasteiger charge is 2.35. The largest absolute Gasteiger partial charge is 0.484 e. The number of hydrogen-bond acceptors (Lipinski definition) is 5. The molecule has 3 rings (SSSR count). The Morgan fingerprint density at radius 1 is 1.24 bits per heavy atom. The Morgan fingerprint density at radius 2 is 1.97 bits per heavy atom. The molecule has 2 aromatic rings. The quantitative estimate of drug-likeness (QED) is 0.640. The van der Waals surface area contributed by atoms with Crippen LogP contribution in [0.4, 0.5) is 5.00 Å². The lowest BCUT2D eigenvalue weighted by Crippen LogP contribution is -2.28. The lowest BCUT2D eigenvalue weighted by molar-refractivity contribution is -0.118. The van der Waals surface area contributed by atoms with Gasteiger partial charge in [-0.2, -0.15) is 0 Å². The first-order chi connectivity index (χ1) is 13.9. The molecule has 156 valence electrons. The highest BCUT2D eigenvalue weighted by atomic mass is 32.1. The Bertz CT molecular complexity index is 873. The third-order valence-electron chi connectivity index (χ3n) is 6.04. The fraction of sp³-hybridized carbons (Fsp3) is 0.478. The first kappa shape index (κ1) is 21.4. The Kier molecular flexibility index (Phi) is 6.63. The predicted octanol–water partition coefficient (Wildman–Crippen LogP) is 5.09. The predicted molar refractivity (Wildman–Crippen MR) is 116 cm³/mol. The lowest BCUT2D eigenvalue weighted by Gasteiger charge is -2.36. The van der Waals surface area contributed by atoms with Crippen LogP contribution < -0.4 is 10.1 Å². The number of methoxy groups -OCH3 is 1. The van der Waals surface area contributed by atoms with Crippen molar-refractivity contribution in [1.82, 2.24) is 0 Å². The summed E-state index contributed by atoms with van der Waals surface area (Å²) in [5.41, 5.74) is 1.79. The summed E-state index contributed by atoms with van der Waals surface area (Å²) in [5, 5.41) is 3.44. The summed E-state index contributed by atoms with van der Waals surface area (Å²) in [7, 11) is 1.38. The van der Waals surface area contributed by atoms with E-state index in [-0.39, 0.29) is 17.9 Å². The van der Waals surface area contributed by atoms with Crippen LogP contribution in [0.25, 0.3) is 0 Å². The number of anilines is 1. The zero-order valence-corrected chi connectivity index (χ0v) is 18.4. The third-order valence-corrected chi connectivity index (χ3v) is 7.21. The molecule has 1 atom stereocenters. The van der Waals surface area contributed by atoms with Crippen LogP contribution in [0.3, 0.4) is 0 Å². The Balaban J connectivity index is 1.78. The summed E-state index contributed by atoms with van der Waals surface area (Å²) in [4.78, 5) is 26.1. The van der Waals surface area contributed by atoms with Crippen LogP contribution in [0.5, 0.6) is 5.75 Å². The van der Waals surface area contributed by atoms with Crippen molar-refractivity contribution < 1.29 is 19.1 Å². The SMILES string of the molecule is CCC(C)(C)C1CCc2c(sc(NC(=O)COc3ccccc3)c2C(=O)OC)C1. The Morgan fingerprint density at radius 3 is 2.62 bits per heavy atom. The van der Waals surface area contributed by atoms with Crippen LogP contribution in [0.2, 0.25) is 0 Å². The van der Waals surface area contributed by atoms with E-state index in [1.54, 1.807) is 12.1 Å². The van der Waals surface area contributed by atoms with Crippen LogP contribution in [-0.2, 0) is 22.4 Å². The molecule has 6 heteroatoms. The van der Waals surface area contributed by atoms with Gasteiger partial charge in [-0.15, -0.1) is 11.3 Å². The molecule has 1 amide bonds. The van der Waals surface area contributed by atoms with Gasteiger partial charge in [-0.25, -0.2) is 4.79 Å². The summed E-state index contributed by atoms with van der Waals surface area (Å²) < 4.78 is 10.5. The summed E-state index contributed by atoms with van der Waals surface area (Å²) >= 11 is 1.50. The second-order valence-corrected chi connectivity index (χ2v) is 9.24. The van der Waals surface area contributed by atoms with Crippen LogP contribution in [-0.4, -0.2) is 25.6 Å². The van der Waals surface area contributed by atoms with E-state index in [1.807, 2.05) is 18.2 Å². The number of carbonyl (C=O) groups is 2. The number of amides is 1. The second kappa shape index (κ2) is 8.99. The molecule has 5 nitrogen and oxygen atoms in total. The number of nitrogens with one attached hydrogen (secondary N) is 1. The van der Waals surface area contributed by atoms with Crippen LogP contribution in [0, 0.1) is 11.3 Å². The maximum Gasteiger partial charge on any atom is 0.341 e. The van der Waals surface area contributed by atoms with Gasteiger partial charge in [0.05, 0.1) is 12.7 Å². The summed E-state index contributed by atoms with van der Waals surface area (Å²) in [6.07, 6.45) is 3.92. The molecule has 0 bridgehead atoms. The zero-order valence-electron chi connectivity index (χ0n) is 17.5.